The first-order valence-electron chi connectivity index (χ1n) is 10.7. The topological polar surface area (TPSA) is 73.6 Å². The molecular formula is C26H28N2O3. The van der Waals surface area contributed by atoms with Crippen molar-refractivity contribution in [2.75, 3.05) is 17.8 Å². The van der Waals surface area contributed by atoms with Crippen molar-refractivity contribution < 1.29 is 15.7 Å². The van der Waals surface area contributed by atoms with Crippen molar-refractivity contribution in [1.29, 1.82) is 0 Å². The largest absolute Gasteiger partial charge is 0.454 e. The average Bonchev–Trinajstić information content (AvgIpc) is 3.46. The number of fused-ring (bicyclic) bond motifs is 1. The fourth-order valence-electron chi connectivity index (χ4n) is 4.26. The number of benzene rings is 3. The van der Waals surface area contributed by atoms with Gasteiger partial charge in [-0.15, -0.1) is 0 Å². The number of aryl methyl sites for hydroxylation is 2. The van der Waals surface area contributed by atoms with Crippen LogP contribution in [0.5, 0.6) is 11.5 Å². The molecule has 0 aromatic heterocycles. The molecule has 160 valence electrons. The van der Waals surface area contributed by atoms with Crippen LogP contribution in [0.15, 0.2) is 54.6 Å². The molecule has 1 saturated carbocycles. The SMILES string of the molecule is CCc1ccc(NC(=O)C2(c3ccc4c(c3)OCO4)CC2)cc1-c1ccc(C)c(N)c1.[HH]. The predicted octanol–water partition coefficient (Wildman–Crippen LogP) is 5.45. The molecule has 0 radical (unpaired) electrons. The van der Waals surface area contributed by atoms with E-state index in [9.17, 15) is 4.79 Å². The summed E-state index contributed by atoms with van der Waals surface area (Å²) in [6.07, 6.45) is 2.55. The van der Waals surface area contributed by atoms with E-state index < -0.39 is 5.41 Å². The lowest BCUT2D eigenvalue weighted by atomic mass is 9.93. The Kier molecular flexibility index (Phi) is 4.62. The molecule has 31 heavy (non-hydrogen) atoms. The van der Waals surface area contributed by atoms with E-state index in [1.165, 1.54) is 5.56 Å². The Balaban J connectivity index is 0.00000245. The third-order valence-corrected chi connectivity index (χ3v) is 6.45. The highest BCUT2D eigenvalue weighted by molar-refractivity contribution is 6.02. The van der Waals surface area contributed by atoms with Crippen molar-refractivity contribution in [3.63, 3.8) is 0 Å². The molecule has 1 fully saturated rings. The van der Waals surface area contributed by atoms with E-state index in [1.807, 2.05) is 43.3 Å². The van der Waals surface area contributed by atoms with Crippen LogP contribution in [0.1, 0.15) is 37.9 Å². The average molecular weight is 417 g/mol. The number of rotatable bonds is 5. The number of carbonyl (C=O) groups excluding carboxylic acids is 1. The molecule has 0 spiro atoms. The fourth-order valence-corrected chi connectivity index (χ4v) is 4.26. The Labute approximate surface area is 183 Å². The van der Waals surface area contributed by atoms with Crippen molar-refractivity contribution >= 4 is 17.3 Å². The molecule has 0 bridgehead atoms. The maximum absolute atomic E-state index is 13.3. The van der Waals surface area contributed by atoms with E-state index in [0.717, 1.165) is 58.6 Å². The number of hydrogen-bond acceptors (Lipinski definition) is 4. The van der Waals surface area contributed by atoms with Crippen LogP contribution in [-0.4, -0.2) is 12.7 Å². The van der Waals surface area contributed by atoms with Gasteiger partial charge >= 0.3 is 0 Å². The molecule has 3 aromatic rings. The molecule has 2 aliphatic rings. The van der Waals surface area contributed by atoms with Gasteiger partial charge in [0.15, 0.2) is 11.5 Å². The first-order valence-corrected chi connectivity index (χ1v) is 10.7. The van der Waals surface area contributed by atoms with Gasteiger partial charge in [0.05, 0.1) is 5.41 Å². The van der Waals surface area contributed by atoms with Crippen LogP contribution in [-0.2, 0) is 16.6 Å². The van der Waals surface area contributed by atoms with Gasteiger partial charge in [0, 0.05) is 12.8 Å². The highest BCUT2D eigenvalue weighted by atomic mass is 16.7. The summed E-state index contributed by atoms with van der Waals surface area (Å²) in [7, 11) is 0. The minimum Gasteiger partial charge on any atom is -0.454 e. The smallest absolute Gasteiger partial charge is 0.235 e. The summed E-state index contributed by atoms with van der Waals surface area (Å²) in [5.41, 5.74) is 12.6. The monoisotopic (exact) mass is 416 g/mol. The van der Waals surface area contributed by atoms with Crippen molar-refractivity contribution in [2.24, 2.45) is 0 Å². The molecule has 1 aliphatic heterocycles. The second-order valence-corrected chi connectivity index (χ2v) is 8.40. The summed E-state index contributed by atoms with van der Waals surface area (Å²) in [6, 6.07) is 18.0. The number of nitrogen functional groups attached to an aromatic ring is 1. The lowest BCUT2D eigenvalue weighted by Gasteiger charge is -2.18. The number of nitrogens with one attached hydrogen (secondary N) is 1. The maximum Gasteiger partial charge on any atom is 0.235 e. The van der Waals surface area contributed by atoms with Gasteiger partial charge in [0.1, 0.15) is 0 Å². The van der Waals surface area contributed by atoms with Gasteiger partial charge in [0.25, 0.3) is 0 Å². The molecule has 3 aromatic carbocycles. The zero-order valence-corrected chi connectivity index (χ0v) is 17.8. The van der Waals surface area contributed by atoms with Gasteiger partial charge in [-0.2, -0.15) is 0 Å². The molecular weight excluding hydrogens is 388 g/mol. The summed E-state index contributed by atoms with van der Waals surface area (Å²) in [4.78, 5) is 13.3. The zero-order valence-electron chi connectivity index (χ0n) is 17.8. The lowest BCUT2D eigenvalue weighted by Crippen LogP contribution is -2.27. The quantitative estimate of drug-likeness (QED) is 0.542. The summed E-state index contributed by atoms with van der Waals surface area (Å²) >= 11 is 0. The van der Waals surface area contributed by atoms with Gasteiger partial charge in [-0.1, -0.05) is 31.2 Å². The normalized spacial score (nSPS) is 15.5. The standard InChI is InChI=1S/C26H26N2O3.H2/c1-3-17-6-8-20(14-21(17)18-5-4-16(2)22(27)12-18)28-25(29)26(10-11-26)19-7-9-23-24(13-19)31-15-30-23;/h4-9,12-14H,3,10-11,15,27H2,1-2H3,(H,28,29);1H. The van der Waals surface area contributed by atoms with E-state index in [-0.39, 0.29) is 14.1 Å². The zero-order chi connectivity index (χ0) is 21.6. The van der Waals surface area contributed by atoms with Crippen molar-refractivity contribution in [1.82, 2.24) is 0 Å². The highest BCUT2D eigenvalue weighted by Crippen LogP contribution is 2.51. The van der Waals surface area contributed by atoms with E-state index in [1.54, 1.807) is 0 Å². The number of anilines is 2. The molecule has 5 heteroatoms. The van der Waals surface area contributed by atoms with Gasteiger partial charge in [-0.3, -0.25) is 4.79 Å². The van der Waals surface area contributed by atoms with Crippen LogP contribution in [0.25, 0.3) is 11.1 Å². The van der Waals surface area contributed by atoms with Crippen LogP contribution < -0.4 is 20.5 Å². The van der Waals surface area contributed by atoms with Crippen LogP contribution in [0.2, 0.25) is 0 Å². The maximum atomic E-state index is 13.3. The predicted molar refractivity (Wildman–Crippen MR) is 125 cm³/mol. The van der Waals surface area contributed by atoms with Crippen LogP contribution in [0.3, 0.4) is 0 Å². The van der Waals surface area contributed by atoms with Gasteiger partial charge < -0.3 is 20.5 Å². The fraction of sp³-hybridized carbons (Fsp3) is 0.269. The summed E-state index contributed by atoms with van der Waals surface area (Å²) in [5, 5.41) is 3.16. The first kappa shape index (κ1) is 19.5. The molecule has 1 aliphatic carbocycles. The Hall–Kier alpha value is -3.47. The van der Waals surface area contributed by atoms with Crippen LogP contribution in [0, 0.1) is 6.92 Å². The Morgan fingerprint density at radius 1 is 1.06 bits per heavy atom. The minimum atomic E-state index is -0.501. The molecule has 5 nitrogen and oxygen atoms in total. The number of amides is 1. The molecule has 1 amide bonds. The molecule has 0 unspecified atom stereocenters. The van der Waals surface area contributed by atoms with Crippen molar-refractivity contribution in [3.05, 3.63) is 71.3 Å². The molecule has 1 heterocycles. The first-order chi connectivity index (χ1) is 15.0. The summed E-state index contributed by atoms with van der Waals surface area (Å²) in [6.45, 7) is 4.36. The lowest BCUT2D eigenvalue weighted by molar-refractivity contribution is -0.118. The highest BCUT2D eigenvalue weighted by Gasteiger charge is 2.51. The van der Waals surface area contributed by atoms with Crippen LogP contribution >= 0.6 is 0 Å². The minimum absolute atomic E-state index is 0. The van der Waals surface area contributed by atoms with Gasteiger partial charge in [-0.25, -0.2) is 0 Å². The van der Waals surface area contributed by atoms with E-state index in [0.29, 0.717) is 5.75 Å². The van der Waals surface area contributed by atoms with E-state index in [4.69, 9.17) is 15.2 Å². The Morgan fingerprint density at radius 2 is 1.87 bits per heavy atom. The summed E-state index contributed by atoms with van der Waals surface area (Å²) in [5.74, 6) is 1.46. The second-order valence-electron chi connectivity index (χ2n) is 8.40. The number of hydrogen-bond donors (Lipinski definition) is 2. The molecule has 5 rings (SSSR count). The third-order valence-electron chi connectivity index (χ3n) is 6.45. The number of nitrogens with two attached hydrogens (primary N) is 1. The molecule has 0 atom stereocenters. The van der Waals surface area contributed by atoms with Gasteiger partial charge in [-0.05, 0) is 84.3 Å². The van der Waals surface area contributed by atoms with E-state index >= 15 is 0 Å². The van der Waals surface area contributed by atoms with Crippen molar-refractivity contribution in [3.8, 4) is 22.6 Å². The Bertz CT molecular complexity index is 1190. The number of ether oxygens (including phenoxy) is 2. The van der Waals surface area contributed by atoms with Crippen molar-refractivity contribution in [2.45, 2.75) is 38.5 Å². The number of carbonyl (C=O) groups is 1. The molecule has 3 N–H and O–H groups in total. The summed E-state index contributed by atoms with van der Waals surface area (Å²) < 4.78 is 10.9. The van der Waals surface area contributed by atoms with Gasteiger partial charge in [0.2, 0.25) is 12.7 Å². The third kappa shape index (κ3) is 3.40. The Morgan fingerprint density at radius 3 is 2.61 bits per heavy atom. The van der Waals surface area contributed by atoms with Crippen LogP contribution in [0.4, 0.5) is 11.4 Å². The second kappa shape index (κ2) is 7.34. The van der Waals surface area contributed by atoms with E-state index in [2.05, 4.69) is 30.4 Å². The molecule has 0 saturated heterocycles.